The van der Waals surface area contributed by atoms with Crippen LogP contribution in [-0.2, 0) is 4.43 Å². The Morgan fingerprint density at radius 3 is 2.29 bits per heavy atom. The second-order valence-corrected chi connectivity index (χ2v) is 10.7. The van der Waals surface area contributed by atoms with Crippen LogP contribution in [0.1, 0.15) is 34.1 Å². The molecule has 0 aliphatic carbocycles. The zero-order chi connectivity index (χ0) is 11.0. The second kappa shape index (κ2) is 3.95. The van der Waals surface area contributed by atoms with Gasteiger partial charge in [0.2, 0.25) is 12.7 Å². The zero-order valence-electron chi connectivity index (χ0n) is 10.4. The van der Waals surface area contributed by atoms with E-state index in [1.54, 1.807) is 0 Å². The van der Waals surface area contributed by atoms with Crippen LogP contribution in [-0.4, -0.2) is 31.9 Å². The molecular weight excluding hydrogens is 192 g/mol. The third kappa shape index (κ3) is 3.37. The first-order chi connectivity index (χ1) is 6.22. The third-order valence-corrected chi connectivity index (χ3v) is 7.95. The fraction of sp³-hybridized carbons (Fsp3) is 1.00. The summed E-state index contributed by atoms with van der Waals surface area (Å²) in [6, 6.07) is 0. The van der Waals surface area contributed by atoms with Crippen LogP contribution in [0, 0.1) is 0 Å². The summed E-state index contributed by atoms with van der Waals surface area (Å²) >= 11 is 0. The largest absolute Gasteiger partial charge is 0.420 e. The molecule has 84 valence electrons. The molecule has 1 heterocycles. The molecule has 1 saturated heterocycles. The van der Waals surface area contributed by atoms with Gasteiger partial charge in [-0.25, -0.2) is 0 Å². The summed E-state index contributed by atoms with van der Waals surface area (Å²) in [6.07, 6.45) is 2.11. The molecule has 14 heavy (non-hydrogen) atoms. The van der Waals surface area contributed by atoms with Crippen molar-refractivity contribution in [1.82, 2.24) is 0 Å². The first kappa shape index (κ1) is 12.2. The van der Waals surface area contributed by atoms with E-state index in [4.69, 9.17) is 4.43 Å². The number of hydrogen-bond donors (Lipinski definition) is 0. The summed E-state index contributed by atoms with van der Waals surface area (Å²) in [7, 11) is -1.55. The van der Waals surface area contributed by atoms with Crippen LogP contribution in [0.15, 0.2) is 0 Å². The smallest absolute Gasteiger partial charge is 0.226 e. The fourth-order valence-electron chi connectivity index (χ4n) is 1.33. The van der Waals surface area contributed by atoms with Gasteiger partial charge in [0.15, 0.2) is 8.32 Å². The molecule has 2 atom stereocenters. The fourth-order valence-corrected chi connectivity index (χ4v) is 2.79. The summed E-state index contributed by atoms with van der Waals surface area (Å²) in [5, 5.41) is 0.321. The SMILES string of the molecule is C[C@H](C[C@H]1C[OH+]1)O[Si](C)(C)C(C)(C)C. The zero-order valence-corrected chi connectivity index (χ0v) is 11.4. The molecule has 0 saturated carbocycles. The van der Waals surface area contributed by atoms with Gasteiger partial charge in [0, 0.05) is 0 Å². The van der Waals surface area contributed by atoms with Gasteiger partial charge in [0.05, 0.1) is 12.5 Å². The minimum absolute atomic E-state index is 0.321. The van der Waals surface area contributed by atoms with Gasteiger partial charge in [0.25, 0.3) is 0 Å². The maximum Gasteiger partial charge on any atom is 0.226 e. The summed E-state index contributed by atoms with van der Waals surface area (Å²) in [6.45, 7) is 14.7. The standard InChI is InChI=1S/C11H24O2Si/c1-9(7-10-8-12-10)13-14(5,6)11(2,3)4/h9-10H,7-8H2,1-6H3/p+1/t9-,10+/m1/s1. The molecule has 0 aromatic heterocycles. The number of rotatable bonds is 4. The molecule has 0 amide bonds. The Labute approximate surface area is 89.1 Å². The lowest BCUT2D eigenvalue weighted by atomic mass is 10.2. The molecule has 1 fully saturated rings. The second-order valence-electron chi connectivity index (χ2n) is 5.94. The van der Waals surface area contributed by atoms with Crippen LogP contribution < -0.4 is 0 Å². The van der Waals surface area contributed by atoms with Gasteiger partial charge in [-0.15, -0.1) is 0 Å². The highest BCUT2D eigenvalue weighted by atomic mass is 28.4. The Bertz CT molecular complexity index is 192. The first-order valence-corrected chi connectivity index (χ1v) is 8.47. The highest BCUT2D eigenvalue weighted by Crippen LogP contribution is 2.37. The van der Waals surface area contributed by atoms with Crippen molar-refractivity contribution in [2.75, 3.05) is 6.61 Å². The van der Waals surface area contributed by atoms with Crippen molar-refractivity contribution in [2.45, 2.75) is 64.5 Å². The van der Waals surface area contributed by atoms with Crippen LogP contribution in [0.2, 0.25) is 18.1 Å². The topological polar surface area (TPSA) is 22.0 Å². The third-order valence-electron chi connectivity index (χ3n) is 3.35. The molecule has 0 radical (unpaired) electrons. The predicted molar refractivity (Wildman–Crippen MR) is 63.2 cm³/mol. The Hall–Kier alpha value is 0.137. The predicted octanol–water partition coefficient (Wildman–Crippen LogP) is 2.70. The molecule has 1 aliphatic heterocycles. The highest BCUT2D eigenvalue weighted by Gasteiger charge is 2.40. The van der Waals surface area contributed by atoms with Gasteiger partial charge in [0.1, 0.15) is 0 Å². The van der Waals surface area contributed by atoms with Gasteiger partial charge < -0.3 is 9.16 Å². The van der Waals surface area contributed by atoms with E-state index in [0.717, 1.165) is 13.0 Å². The van der Waals surface area contributed by atoms with Gasteiger partial charge in [-0.05, 0) is 25.1 Å². The van der Waals surface area contributed by atoms with Gasteiger partial charge in [-0.3, -0.25) is 0 Å². The quantitative estimate of drug-likeness (QED) is 0.403. The molecule has 1 rings (SSSR count). The van der Waals surface area contributed by atoms with Crippen LogP contribution in [0.5, 0.6) is 0 Å². The monoisotopic (exact) mass is 217 g/mol. The lowest BCUT2D eigenvalue weighted by molar-refractivity contribution is 0.137. The number of ether oxygens (including phenoxy) is 1. The molecule has 0 unspecified atom stereocenters. The molecule has 0 spiro atoms. The molecule has 0 bridgehead atoms. The summed E-state index contributed by atoms with van der Waals surface area (Å²) in [4.78, 5) is 0. The first-order valence-electron chi connectivity index (χ1n) is 5.57. The van der Waals surface area contributed by atoms with Crippen LogP contribution in [0.4, 0.5) is 0 Å². The maximum atomic E-state index is 6.23. The van der Waals surface area contributed by atoms with E-state index in [9.17, 15) is 0 Å². The van der Waals surface area contributed by atoms with Crippen molar-refractivity contribution < 1.29 is 9.16 Å². The Balaban J connectivity index is 2.39. The normalized spacial score (nSPS) is 24.9. The highest BCUT2D eigenvalue weighted by molar-refractivity contribution is 6.74. The maximum absolute atomic E-state index is 6.23. The van der Waals surface area contributed by atoms with Crippen molar-refractivity contribution in [2.24, 2.45) is 0 Å². The summed E-state index contributed by atoms with van der Waals surface area (Å²) < 4.78 is 10.5. The average molecular weight is 217 g/mol. The van der Waals surface area contributed by atoms with E-state index < -0.39 is 8.32 Å². The van der Waals surface area contributed by atoms with Gasteiger partial charge in [-0.1, -0.05) is 20.8 Å². The van der Waals surface area contributed by atoms with Crippen molar-refractivity contribution in [3.05, 3.63) is 0 Å². The number of aliphatic hydroxyl groups is 2. The average Bonchev–Trinajstić information content (AvgIpc) is 2.66. The Kier molecular flexibility index (Phi) is 3.44. The lowest BCUT2D eigenvalue weighted by Gasteiger charge is -2.38. The van der Waals surface area contributed by atoms with Gasteiger partial charge >= 0.3 is 0 Å². The molecule has 3 heteroatoms. The van der Waals surface area contributed by atoms with Crippen molar-refractivity contribution in [3.8, 4) is 0 Å². The van der Waals surface area contributed by atoms with Crippen LogP contribution >= 0.6 is 0 Å². The molecule has 0 aromatic rings. The van der Waals surface area contributed by atoms with Gasteiger partial charge in [-0.2, -0.15) is 0 Å². The van der Waals surface area contributed by atoms with E-state index in [1.165, 1.54) is 0 Å². The lowest BCUT2D eigenvalue weighted by Crippen LogP contribution is -2.43. The Morgan fingerprint density at radius 2 is 1.93 bits per heavy atom. The minimum Gasteiger partial charge on any atom is -0.420 e. The number of hydrogen-bond acceptors (Lipinski definition) is 1. The van der Waals surface area contributed by atoms with Crippen molar-refractivity contribution in [3.63, 3.8) is 0 Å². The van der Waals surface area contributed by atoms with E-state index in [1.807, 2.05) is 0 Å². The number of epoxide rings is 1. The molecule has 1 aliphatic rings. The Morgan fingerprint density at radius 1 is 1.43 bits per heavy atom. The van der Waals surface area contributed by atoms with E-state index >= 15 is 0 Å². The molecular formula is C11H25O2Si+. The van der Waals surface area contributed by atoms with Crippen LogP contribution in [0.25, 0.3) is 0 Å². The van der Waals surface area contributed by atoms with E-state index in [0.29, 0.717) is 17.2 Å². The molecule has 2 nitrogen and oxygen atoms in total. The van der Waals surface area contributed by atoms with Crippen LogP contribution in [0.3, 0.4) is 0 Å². The van der Waals surface area contributed by atoms with E-state index in [2.05, 4.69) is 45.5 Å². The molecule has 1 N–H and O–H groups in total. The summed E-state index contributed by atoms with van der Waals surface area (Å²) in [5.41, 5.74) is 0. The summed E-state index contributed by atoms with van der Waals surface area (Å²) in [5.74, 6) is 0. The van der Waals surface area contributed by atoms with Crippen molar-refractivity contribution in [1.29, 1.82) is 0 Å². The minimum atomic E-state index is -1.55. The van der Waals surface area contributed by atoms with E-state index in [-0.39, 0.29) is 0 Å². The molecule has 0 aromatic carbocycles. The van der Waals surface area contributed by atoms with Crippen molar-refractivity contribution >= 4 is 8.32 Å².